The Balaban J connectivity index is 1.32. The summed E-state index contributed by atoms with van der Waals surface area (Å²) in [4.78, 5) is 18.8. The van der Waals surface area contributed by atoms with Crippen LogP contribution in [0.1, 0.15) is 37.8 Å². The zero-order valence-corrected chi connectivity index (χ0v) is 14.2. The van der Waals surface area contributed by atoms with E-state index in [0.717, 1.165) is 44.0 Å². The van der Waals surface area contributed by atoms with Crippen LogP contribution in [-0.4, -0.2) is 53.8 Å². The number of hydrogen-bond donors (Lipinski definition) is 0. The first-order valence-electron chi connectivity index (χ1n) is 9.16. The molecule has 2 atom stereocenters. The van der Waals surface area contributed by atoms with Crippen LogP contribution in [0.5, 0.6) is 0 Å². The third-order valence-corrected chi connectivity index (χ3v) is 5.39. The van der Waals surface area contributed by atoms with Gasteiger partial charge in [0.15, 0.2) is 0 Å². The molecule has 1 aromatic heterocycles. The fourth-order valence-electron chi connectivity index (χ4n) is 3.83. The minimum Gasteiger partial charge on any atom is -0.375 e. The summed E-state index contributed by atoms with van der Waals surface area (Å²) in [6, 6.07) is 5.71. The SMILES string of the molecule is O=C(Cc1ccccn1)N1CCC[C@]2(C[C@H](OCC3CC3)CO2)C1. The van der Waals surface area contributed by atoms with Gasteiger partial charge in [-0.1, -0.05) is 6.07 Å². The molecule has 0 N–H and O–H groups in total. The van der Waals surface area contributed by atoms with Crippen LogP contribution in [0.3, 0.4) is 0 Å². The van der Waals surface area contributed by atoms with Crippen LogP contribution >= 0.6 is 0 Å². The lowest BCUT2D eigenvalue weighted by Crippen LogP contribution is -2.50. The Kier molecular flexibility index (Phi) is 4.55. The van der Waals surface area contributed by atoms with Crippen molar-refractivity contribution in [2.24, 2.45) is 5.92 Å². The highest BCUT2D eigenvalue weighted by atomic mass is 16.6. The Morgan fingerprint density at radius 2 is 2.33 bits per heavy atom. The van der Waals surface area contributed by atoms with Gasteiger partial charge in [0.05, 0.1) is 24.7 Å². The first-order valence-corrected chi connectivity index (χ1v) is 9.16. The highest BCUT2D eigenvalue weighted by molar-refractivity contribution is 5.78. The van der Waals surface area contributed by atoms with Crippen LogP contribution in [0.4, 0.5) is 0 Å². The molecule has 0 radical (unpaired) electrons. The van der Waals surface area contributed by atoms with Gasteiger partial charge < -0.3 is 14.4 Å². The standard InChI is InChI=1S/C19H26N2O3/c22-18(10-16-4-1-2-8-20-16)21-9-3-7-19(14-21)11-17(13-24-19)23-12-15-5-6-15/h1-2,4,8,15,17H,3,5-7,9-14H2/t17-,19-/m0/s1. The third kappa shape index (κ3) is 3.78. The molecule has 0 aromatic carbocycles. The highest BCUT2D eigenvalue weighted by Crippen LogP contribution is 2.37. The summed E-state index contributed by atoms with van der Waals surface area (Å²) >= 11 is 0. The van der Waals surface area contributed by atoms with E-state index in [1.807, 2.05) is 23.1 Å². The van der Waals surface area contributed by atoms with Gasteiger partial charge in [-0.05, 0) is 43.7 Å². The molecule has 1 amide bonds. The van der Waals surface area contributed by atoms with Crippen molar-refractivity contribution in [2.75, 3.05) is 26.3 Å². The maximum Gasteiger partial charge on any atom is 0.228 e. The second-order valence-corrected chi connectivity index (χ2v) is 7.51. The molecule has 3 aliphatic rings. The lowest BCUT2D eigenvalue weighted by molar-refractivity contribution is -0.138. The molecule has 3 fully saturated rings. The Hall–Kier alpha value is -1.46. The van der Waals surface area contributed by atoms with Crippen molar-refractivity contribution < 1.29 is 14.3 Å². The number of likely N-dealkylation sites (tertiary alicyclic amines) is 1. The monoisotopic (exact) mass is 330 g/mol. The van der Waals surface area contributed by atoms with Gasteiger partial charge in [-0.3, -0.25) is 9.78 Å². The summed E-state index contributed by atoms with van der Waals surface area (Å²) in [5.74, 6) is 0.933. The lowest BCUT2D eigenvalue weighted by Gasteiger charge is -2.39. The first-order chi connectivity index (χ1) is 11.7. The molecular formula is C19H26N2O3. The van der Waals surface area contributed by atoms with Gasteiger partial charge in [0.2, 0.25) is 5.91 Å². The van der Waals surface area contributed by atoms with Crippen LogP contribution in [0.25, 0.3) is 0 Å². The summed E-state index contributed by atoms with van der Waals surface area (Å²) in [6.07, 6.45) is 7.90. The van der Waals surface area contributed by atoms with Gasteiger partial charge in [0.25, 0.3) is 0 Å². The summed E-state index contributed by atoms with van der Waals surface area (Å²) in [5.41, 5.74) is 0.645. The van der Waals surface area contributed by atoms with Crippen molar-refractivity contribution in [2.45, 2.75) is 50.2 Å². The number of hydrogen-bond acceptors (Lipinski definition) is 4. The van der Waals surface area contributed by atoms with Gasteiger partial charge >= 0.3 is 0 Å². The summed E-state index contributed by atoms with van der Waals surface area (Å²) < 4.78 is 12.2. The highest BCUT2D eigenvalue weighted by Gasteiger charge is 2.45. The molecule has 5 nitrogen and oxygen atoms in total. The molecule has 130 valence electrons. The molecule has 0 bridgehead atoms. The van der Waals surface area contributed by atoms with E-state index < -0.39 is 0 Å². The van der Waals surface area contributed by atoms with Crippen LogP contribution in [0.15, 0.2) is 24.4 Å². The van der Waals surface area contributed by atoms with Gasteiger partial charge in [-0.2, -0.15) is 0 Å². The van der Waals surface area contributed by atoms with Gasteiger partial charge in [-0.15, -0.1) is 0 Å². The molecule has 1 aromatic rings. The third-order valence-electron chi connectivity index (χ3n) is 5.39. The van der Waals surface area contributed by atoms with Crippen LogP contribution in [0, 0.1) is 5.92 Å². The minimum atomic E-state index is -0.188. The Morgan fingerprint density at radius 3 is 3.12 bits per heavy atom. The zero-order valence-electron chi connectivity index (χ0n) is 14.2. The molecule has 1 saturated carbocycles. The second kappa shape index (κ2) is 6.81. The fourth-order valence-corrected chi connectivity index (χ4v) is 3.83. The predicted octanol–water partition coefficient (Wildman–Crippen LogP) is 2.20. The molecule has 1 spiro atoms. The van der Waals surface area contributed by atoms with E-state index in [0.29, 0.717) is 19.6 Å². The van der Waals surface area contributed by atoms with Crippen molar-refractivity contribution in [1.29, 1.82) is 0 Å². The van der Waals surface area contributed by atoms with Crippen molar-refractivity contribution in [3.05, 3.63) is 30.1 Å². The smallest absolute Gasteiger partial charge is 0.228 e. The number of ether oxygens (including phenoxy) is 2. The molecular weight excluding hydrogens is 304 g/mol. The van der Waals surface area contributed by atoms with Gasteiger partial charge in [0, 0.05) is 38.0 Å². The zero-order chi connectivity index (χ0) is 16.4. The fraction of sp³-hybridized carbons (Fsp3) is 0.684. The van der Waals surface area contributed by atoms with Crippen molar-refractivity contribution in [1.82, 2.24) is 9.88 Å². The molecule has 24 heavy (non-hydrogen) atoms. The second-order valence-electron chi connectivity index (χ2n) is 7.51. The summed E-state index contributed by atoms with van der Waals surface area (Å²) in [6.45, 7) is 3.08. The number of rotatable bonds is 5. The Labute approximate surface area is 143 Å². The van der Waals surface area contributed by atoms with Crippen molar-refractivity contribution in [3.8, 4) is 0 Å². The van der Waals surface area contributed by atoms with Crippen LogP contribution in [-0.2, 0) is 20.7 Å². The largest absolute Gasteiger partial charge is 0.375 e. The van der Waals surface area contributed by atoms with E-state index in [1.54, 1.807) is 6.20 Å². The van der Waals surface area contributed by atoms with Gasteiger partial charge in [0.1, 0.15) is 0 Å². The number of pyridine rings is 1. The van der Waals surface area contributed by atoms with E-state index in [1.165, 1.54) is 12.8 Å². The number of carbonyl (C=O) groups is 1. The number of amides is 1. The molecule has 1 aliphatic carbocycles. The first kappa shape index (κ1) is 16.0. The summed E-state index contributed by atoms with van der Waals surface area (Å²) in [5, 5.41) is 0. The van der Waals surface area contributed by atoms with E-state index in [-0.39, 0.29) is 17.6 Å². The van der Waals surface area contributed by atoms with E-state index in [9.17, 15) is 4.79 Å². The molecule has 2 saturated heterocycles. The predicted molar refractivity (Wildman–Crippen MR) is 89.5 cm³/mol. The van der Waals surface area contributed by atoms with E-state index in [2.05, 4.69) is 4.98 Å². The molecule has 2 aliphatic heterocycles. The van der Waals surface area contributed by atoms with Gasteiger partial charge in [-0.25, -0.2) is 0 Å². The normalized spacial score (nSPS) is 30.0. The quantitative estimate of drug-likeness (QED) is 0.830. The van der Waals surface area contributed by atoms with E-state index in [4.69, 9.17) is 9.47 Å². The average molecular weight is 330 g/mol. The number of piperidine rings is 1. The average Bonchev–Trinajstić information content (AvgIpc) is 3.36. The van der Waals surface area contributed by atoms with Crippen LogP contribution < -0.4 is 0 Å². The molecule has 4 rings (SSSR count). The minimum absolute atomic E-state index is 0.152. The Morgan fingerprint density at radius 1 is 1.42 bits per heavy atom. The van der Waals surface area contributed by atoms with Crippen LogP contribution in [0.2, 0.25) is 0 Å². The number of aromatic nitrogens is 1. The summed E-state index contributed by atoms with van der Waals surface area (Å²) in [7, 11) is 0. The molecule has 3 heterocycles. The number of nitrogens with zero attached hydrogens (tertiary/aromatic N) is 2. The molecule has 5 heteroatoms. The molecule has 0 unspecified atom stereocenters. The maximum atomic E-state index is 12.6. The maximum absolute atomic E-state index is 12.6. The topological polar surface area (TPSA) is 51.7 Å². The number of carbonyl (C=O) groups excluding carboxylic acids is 1. The van der Waals surface area contributed by atoms with Crippen molar-refractivity contribution in [3.63, 3.8) is 0 Å². The van der Waals surface area contributed by atoms with Crippen molar-refractivity contribution >= 4 is 5.91 Å². The Bertz CT molecular complexity index is 575. The lowest BCUT2D eigenvalue weighted by atomic mass is 9.89. The van der Waals surface area contributed by atoms with E-state index >= 15 is 0 Å².